The summed E-state index contributed by atoms with van der Waals surface area (Å²) >= 11 is 7.43. The van der Waals surface area contributed by atoms with Crippen LogP contribution in [0.2, 0.25) is 5.02 Å². The summed E-state index contributed by atoms with van der Waals surface area (Å²) in [5, 5.41) is 3.80. The summed E-state index contributed by atoms with van der Waals surface area (Å²) in [6, 6.07) is 4.27. The number of nitrogens with one attached hydrogen (secondary N) is 1. The normalized spacial score (nSPS) is 26.5. The van der Waals surface area contributed by atoms with Crippen molar-refractivity contribution >= 4 is 51.1 Å². The Morgan fingerprint density at radius 1 is 1.28 bits per heavy atom. The van der Waals surface area contributed by atoms with Crippen LogP contribution >= 0.6 is 23.4 Å². The van der Waals surface area contributed by atoms with Crippen LogP contribution in [0.3, 0.4) is 0 Å². The van der Waals surface area contributed by atoms with Gasteiger partial charge in [-0.1, -0.05) is 23.4 Å². The Bertz CT molecular complexity index is 1280. The smallest absolute Gasteiger partial charge is 0.164 e. The first-order valence-corrected chi connectivity index (χ1v) is 11.0. The molecule has 1 aliphatic heterocycles. The average molecular weight is 477 g/mol. The van der Waals surface area contributed by atoms with Crippen LogP contribution in [0, 0.1) is 17.6 Å². The van der Waals surface area contributed by atoms with Gasteiger partial charge in [0, 0.05) is 36.5 Å². The summed E-state index contributed by atoms with van der Waals surface area (Å²) in [6.07, 6.45) is 3.55. The highest BCUT2D eigenvalue weighted by Gasteiger charge is 2.66. The van der Waals surface area contributed by atoms with Crippen LogP contribution in [0.5, 0.6) is 0 Å². The number of nitrogens with zero attached hydrogens (tertiary/aromatic N) is 4. The van der Waals surface area contributed by atoms with Gasteiger partial charge in [0.2, 0.25) is 0 Å². The molecular weight excluding hydrogens is 458 g/mol. The molecule has 3 heterocycles. The Morgan fingerprint density at radius 2 is 2.09 bits per heavy atom. The molecule has 0 bridgehead atoms. The molecule has 0 radical (unpaired) electrons. The van der Waals surface area contributed by atoms with Crippen molar-refractivity contribution in [3.05, 3.63) is 52.9 Å². The summed E-state index contributed by atoms with van der Waals surface area (Å²) in [5.74, 6) is -1.64. The number of nitrogens with two attached hydrogens (primary N) is 1. The molecule has 0 spiro atoms. The predicted molar refractivity (Wildman–Crippen MR) is 121 cm³/mol. The second-order valence-corrected chi connectivity index (χ2v) is 10.0. The number of ether oxygens (including phenoxy) is 1. The van der Waals surface area contributed by atoms with Crippen LogP contribution in [0.15, 0.2) is 35.7 Å². The number of halogens is 3. The van der Waals surface area contributed by atoms with Gasteiger partial charge in [0.15, 0.2) is 22.6 Å². The number of amidine groups is 1. The molecule has 1 aliphatic carbocycles. The standard InChI is InChI=1S/C21H19ClF2N6OS/c1-20(15-6-21(15,8-31-2)32-19(25)30-20)12-4-11(5-13(23)16(12)24)29-18-17-14(27-9-28-18)3-10(22)7-26-17/h3-5,7,9,15H,6,8H2,1-2H3,(H2,25,30)(H,27,28,29)/t15-,20+,21+/m0/s1. The van der Waals surface area contributed by atoms with Crippen molar-refractivity contribution in [3.63, 3.8) is 0 Å². The fourth-order valence-electron chi connectivity index (χ4n) is 4.51. The fourth-order valence-corrected chi connectivity index (χ4v) is 6.11. The second kappa shape index (κ2) is 7.50. The van der Waals surface area contributed by atoms with E-state index in [-0.39, 0.29) is 16.2 Å². The lowest BCUT2D eigenvalue weighted by Crippen LogP contribution is -2.37. The number of hydrogen-bond acceptors (Lipinski definition) is 8. The molecule has 2 aromatic heterocycles. The van der Waals surface area contributed by atoms with Crippen LogP contribution in [-0.2, 0) is 10.3 Å². The van der Waals surface area contributed by atoms with E-state index < -0.39 is 17.2 Å². The zero-order valence-electron chi connectivity index (χ0n) is 17.2. The van der Waals surface area contributed by atoms with E-state index in [4.69, 9.17) is 22.1 Å². The molecule has 2 aliphatic rings. The molecule has 5 rings (SSSR count). The van der Waals surface area contributed by atoms with E-state index in [1.165, 1.54) is 24.3 Å². The average Bonchev–Trinajstić information content (AvgIpc) is 3.45. The minimum absolute atomic E-state index is 0.0416. The molecule has 32 heavy (non-hydrogen) atoms. The highest BCUT2D eigenvalue weighted by atomic mass is 35.5. The van der Waals surface area contributed by atoms with Gasteiger partial charge in [-0.05, 0) is 25.5 Å². The number of anilines is 2. The Morgan fingerprint density at radius 3 is 2.88 bits per heavy atom. The van der Waals surface area contributed by atoms with Crippen molar-refractivity contribution in [1.29, 1.82) is 0 Å². The molecule has 1 fully saturated rings. The van der Waals surface area contributed by atoms with Crippen molar-refractivity contribution in [2.45, 2.75) is 23.6 Å². The van der Waals surface area contributed by atoms with Gasteiger partial charge in [-0.2, -0.15) is 0 Å². The zero-order chi connectivity index (χ0) is 22.7. The molecule has 0 saturated heterocycles. The number of hydrogen-bond donors (Lipinski definition) is 2. The maximum Gasteiger partial charge on any atom is 0.164 e. The highest BCUT2D eigenvalue weighted by molar-refractivity contribution is 8.15. The number of aliphatic imine (C=N–C) groups is 1. The summed E-state index contributed by atoms with van der Waals surface area (Å²) in [6.45, 7) is 2.24. The van der Waals surface area contributed by atoms with Gasteiger partial charge in [-0.3, -0.25) is 4.99 Å². The maximum absolute atomic E-state index is 15.1. The molecule has 3 atom stereocenters. The number of fused-ring (bicyclic) bond motifs is 2. The summed E-state index contributed by atoms with van der Waals surface area (Å²) in [7, 11) is 1.61. The van der Waals surface area contributed by atoms with Crippen LogP contribution in [0.4, 0.5) is 20.3 Å². The van der Waals surface area contributed by atoms with E-state index in [1.807, 2.05) is 0 Å². The molecule has 1 saturated carbocycles. The van der Waals surface area contributed by atoms with Crippen molar-refractivity contribution in [3.8, 4) is 0 Å². The topological polar surface area (TPSA) is 98.3 Å². The van der Waals surface area contributed by atoms with Crippen LogP contribution in [0.1, 0.15) is 18.9 Å². The van der Waals surface area contributed by atoms with E-state index in [0.29, 0.717) is 39.3 Å². The third kappa shape index (κ3) is 3.37. The van der Waals surface area contributed by atoms with Gasteiger partial charge < -0.3 is 15.8 Å². The number of methoxy groups -OCH3 is 1. The monoisotopic (exact) mass is 476 g/mol. The molecule has 7 nitrogen and oxygen atoms in total. The van der Waals surface area contributed by atoms with Gasteiger partial charge in [0.25, 0.3) is 0 Å². The van der Waals surface area contributed by atoms with Gasteiger partial charge in [-0.15, -0.1) is 0 Å². The Labute approximate surface area is 191 Å². The van der Waals surface area contributed by atoms with Crippen LogP contribution < -0.4 is 11.1 Å². The molecule has 11 heteroatoms. The predicted octanol–water partition coefficient (Wildman–Crippen LogP) is 4.38. The lowest BCUT2D eigenvalue weighted by Gasteiger charge is -2.34. The Balaban J connectivity index is 1.57. The van der Waals surface area contributed by atoms with Gasteiger partial charge in [0.05, 0.1) is 27.4 Å². The number of benzene rings is 1. The summed E-state index contributed by atoms with van der Waals surface area (Å²) in [5.41, 5.74) is 6.47. The molecule has 0 amide bonds. The van der Waals surface area contributed by atoms with E-state index >= 15 is 4.39 Å². The minimum Gasteiger partial charge on any atom is -0.383 e. The van der Waals surface area contributed by atoms with Gasteiger partial charge in [-0.25, -0.2) is 23.7 Å². The third-order valence-corrected chi connectivity index (χ3v) is 7.50. The number of thioether (sulfide) groups is 1. The molecular formula is C21H19ClF2N6OS. The largest absolute Gasteiger partial charge is 0.383 e. The first-order chi connectivity index (χ1) is 15.3. The molecule has 1 aromatic carbocycles. The first-order valence-electron chi connectivity index (χ1n) is 9.82. The van der Waals surface area contributed by atoms with Crippen molar-refractivity contribution in [1.82, 2.24) is 15.0 Å². The van der Waals surface area contributed by atoms with Crippen molar-refractivity contribution in [2.75, 3.05) is 19.0 Å². The number of pyridine rings is 1. The third-order valence-electron chi connectivity index (χ3n) is 6.02. The van der Waals surface area contributed by atoms with Crippen LogP contribution in [-0.4, -0.2) is 38.6 Å². The fraction of sp³-hybridized carbons (Fsp3) is 0.333. The quantitative estimate of drug-likeness (QED) is 0.563. The summed E-state index contributed by atoms with van der Waals surface area (Å²) in [4.78, 5) is 17.2. The SMILES string of the molecule is COC[C@]12C[C@H]1[C@@](C)(c1cc(Nc3ncnc4cc(Cl)cnc34)cc(F)c1F)N=C(N)S2. The first kappa shape index (κ1) is 21.3. The van der Waals surface area contributed by atoms with Crippen LogP contribution in [0.25, 0.3) is 11.0 Å². The minimum atomic E-state index is -1.03. The lowest BCUT2D eigenvalue weighted by molar-refractivity contribution is 0.184. The van der Waals surface area contributed by atoms with E-state index in [2.05, 4.69) is 25.3 Å². The molecule has 3 aromatic rings. The zero-order valence-corrected chi connectivity index (χ0v) is 18.8. The number of aromatic nitrogens is 3. The lowest BCUT2D eigenvalue weighted by atomic mass is 9.85. The van der Waals surface area contributed by atoms with E-state index in [0.717, 1.165) is 12.5 Å². The number of rotatable bonds is 5. The van der Waals surface area contributed by atoms with Gasteiger partial charge in [0.1, 0.15) is 11.8 Å². The Hall–Kier alpha value is -2.56. The Kier molecular flexibility index (Phi) is 4.99. The maximum atomic E-state index is 15.1. The molecule has 0 unspecified atom stereocenters. The van der Waals surface area contributed by atoms with E-state index in [9.17, 15) is 4.39 Å². The van der Waals surface area contributed by atoms with Crippen molar-refractivity contribution in [2.24, 2.45) is 16.6 Å². The second-order valence-electron chi connectivity index (χ2n) is 8.14. The summed E-state index contributed by atoms with van der Waals surface area (Å²) < 4.78 is 34.9. The highest BCUT2D eigenvalue weighted by Crippen LogP contribution is 2.66. The van der Waals surface area contributed by atoms with Crippen molar-refractivity contribution < 1.29 is 13.5 Å². The van der Waals surface area contributed by atoms with E-state index in [1.54, 1.807) is 26.2 Å². The molecule has 166 valence electrons. The van der Waals surface area contributed by atoms with Gasteiger partial charge >= 0.3 is 0 Å². The molecule has 3 N–H and O–H groups in total.